The molecule has 0 spiro atoms. The van der Waals surface area contributed by atoms with Gasteiger partial charge in [0.05, 0.1) is 5.39 Å². The summed E-state index contributed by atoms with van der Waals surface area (Å²) in [6.07, 6.45) is 5.84. The molecule has 2 N–H and O–H groups in total. The van der Waals surface area contributed by atoms with Gasteiger partial charge >= 0.3 is 5.97 Å². The fourth-order valence-electron chi connectivity index (χ4n) is 3.21. The predicted molar refractivity (Wildman–Crippen MR) is 101 cm³/mol. The lowest BCUT2D eigenvalue weighted by Gasteiger charge is -2.19. The molecule has 0 saturated heterocycles. The second-order valence-corrected chi connectivity index (χ2v) is 8.54. The predicted octanol–water partition coefficient (Wildman–Crippen LogP) is 3.74. The molecule has 24 heavy (non-hydrogen) atoms. The Bertz CT molecular complexity index is 760. The second kappa shape index (κ2) is 7.27. The van der Waals surface area contributed by atoms with Crippen LogP contribution in [-0.4, -0.2) is 39.1 Å². The average molecular weight is 366 g/mol. The number of anilines is 1. The molecule has 0 aliphatic heterocycles. The van der Waals surface area contributed by atoms with Gasteiger partial charge in [-0.3, -0.25) is 0 Å². The lowest BCUT2D eigenvalue weighted by atomic mass is 9.89. The molecule has 130 valence electrons. The SMILES string of the molecule is CSCCC(Nc1nc(C)nc2sc3c(c12)CCC(C)C3)C(=O)O. The van der Waals surface area contributed by atoms with Gasteiger partial charge in [-0.15, -0.1) is 11.3 Å². The third-order valence-electron chi connectivity index (χ3n) is 4.49. The number of rotatable bonds is 6. The van der Waals surface area contributed by atoms with Gasteiger partial charge in [0.15, 0.2) is 0 Å². The number of aromatic nitrogens is 2. The Morgan fingerprint density at radius 3 is 3.00 bits per heavy atom. The van der Waals surface area contributed by atoms with E-state index in [1.165, 1.54) is 16.9 Å². The summed E-state index contributed by atoms with van der Waals surface area (Å²) in [5.41, 5.74) is 1.32. The summed E-state index contributed by atoms with van der Waals surface area (Å²) >= 11 is 3.40. The molecule has 3 rings (SSSR count). The van der Waals surface area contributed by atoms with Gasteiger partial charge in [-0.25, -0.2) is 14.8 Å². The van der Waals surface area contributed by atoms with Crippen molar-refractivity contribution in [1.82, 2.24) is 9.97 Å². The monoisotopic (exact) mass is 365 g/mol. The Balaban J connectivity index is 2.01. The van der Waals surface area contributed by atoms with Crippen LogP contribution in [0.25, 0.3) is 10.2 Å². The maximum Gasteiger partial charge on any atom is 0.326 e. The van der Waals surface area contributed by atoms with E-state index in [1.54, 1.807) is 23.1 Å². The largest absolute Gasteiger partial charge is 0.480 e. The summed E-state index contributed by atoms with van der Waals surface area (Å²) in [5, 5.41) is 13.7. The number of hydrogen-bond donors (Lipinski definition) is 2. The van der Waals surface area contributed by atoms with Crippen molar-refractivity contribution in [1.29, 1.82) is 0 Å². The fraction of sp³-hybridized carbons (Fsp3) is 0.588. The van der Waals surface area contributed by atoms with E-state index in [4.69, 9.17) is 0 Å². The Hall–Kier alpha value is -1.34. The van der Waals surface area contributed by atoms with E-state index in [2.05, 4.69) is 22.2 Å². The second-order valence-electron chi connectivity index (χ2n) is 6.47. The van der Waals surface area contributed by atoms with Crippen molar-refractivity contribution in [2.45, 2.75) is 45.6 Å². The number of aliphatic carboxylic acids is 1. The van der Waals surface area contributed by atoms with Crippen molar-refractivity contribution in [3.63, 3.8) is 0 Å². The Kier molecular flexibility index (Phi) is 5.30. The Morgan fingerprint density at radius 2 is 2.29 bits per heavy atom. The van der Waals surface area contributed by atoms with Crippen molar-refractivity contribution >= 4 is 45.1 Å². The third kappa shape index (κ3) is 3.52. The summed E-state index contributed by atoms with van der Waals surface area (Å²) in [5.74, 6) is 2.05. The van der Waals surface area contributed by atoms with Crippen LogP contribution in [0, 0.1) is 12.8 Å². The van der Waals surface area contributed by atoms with Gasteiger partial charge in [-0.05, 0) is 56.1 Å². The number of fused-ring (bicyclic) bond motifs is 3. The lowest BCUT2D eigenvalue weighted by molar-refractivity contribution is -0.137. The molecule has 0 fully saturated rings. The number of thiophene rings is 1. The van der Waals surface area contributed by atoms with E-state index in [-0.39, 0.29) is 0 Å². The molecule has 2 heterocycles. The van der Waals surface area contributed by atoms with E-state index in [0.717, 1.165) is 28.8 Å². The van der Waals surface area contributed by atoms with Crippen LogP contribution in [0.5, 0.6) is 0 Å². The smallest absolute Gasteiger partial charge is 0.326 e. The summed E-state index contributed by atoms with van der Waals surface area (Å²) in [6, 6.07) is -0.618. The summed E-state index contributed by atoms with van der Waals surface area (Å²) in [7, 11) is 0. The van der Waals surface area contributed by atoms with Crippen LogP contribution in [0.1, 0.15) is 36.0 Å². The standard InChI is InChI=1S/C17H23N3O2S2/c1-9-4-5-11-13(8-9)24-16-14(11)15(18-10(2)19-16)20-12(17(21)22)6-7-23-3/h9,12H,4-8H2,1-3H3,(H,21,22)(H,18,19,20). The van der Waals surface area contributed by atoms with Crippen LogP contribution in [-0.2, 0) is 17.6 Å². The highest BCUT2D eigenvalue weighted by molar-refractivity contribution is 7.98. The zero-order valence-electron chi connectivity index (χ0n) is 14.3. The van der Waals surface area contributed by atoms with E-state index >= 15 is 0 Å². The molecule has 7 heteroatoms. The molecule has 0 amide bonds. The molecular weight excluding hydrogens is 342 g/mol. The highest BCUT2D eigenvalue weighted by Crippen LogP contribution is 2.40. The molecule has 1 aliphatic carbocycles. The van der Waals surface area contributed by atoms with E-state index in [9.17, 15) is 9.90 Å². The molecule has 0 saturated carbocycles. The molecular formula is C17H23N3O2S2. The Morgan fingerprint density at radius 1 is 1.50 bits per heavy atom. The number of hydrogen-bond acceptors (Lipinski definition) is 6. The van der Waals surface area contributed by atoms with Gasteiger partial charge in [0.1, 0.15) is 22.5 Å². The summed E-state index contributed by atoms with van der Waals surface area (Å²) < 4.78 is 0. The molecule has 2 aromatic heterocycles. The van der Waals surface area contributed by atoms with Crippen LogP contribution < -0.4 is 5.32 Å². The topological polar surface area (TPSA) is 75.1 Å². The first-order chi connectivity index (χ1) is 11.5. The first-order valence-corrected chi connectivity index (χ1v) is 10.5. The van der Waals surface area contributed by atoms with Crippen molar-refractivity contribution in [3.8, 4) is 0 Å². The molecule has 5 nitrogen and oxygen atoms in total. The quantitative estimate of drug-likeness (QED) is 0.812. The zero-order chi connectivity index (χ0) is 17.3. The molecule has 1 aliphatic rings. The fourth-order valence-corrected chi connectivity index (χ4v) is 5.11. The third-order valence-corrected chi connectivity index (χ3v) is 6.28. The van der Waals surface area contributed by atoms with Crippen molar-refractivity contribution in [2.75, 3.05) is 17.3 Å². The maximum absolute atomic E-state index is 11.6. The molecule has 0 bridgehead atoms. The van der Waals surface area contributed by atoms with Crippen LogP contribution in [0.4, 0.5) is 5.82 Å². The van der Waals surface area contributed by atoms with Crippen LogP contribution in [0.3, 0.4) is 0 Å². The van der Waals surface area contributed by atoms with Crippen molar-refractivity contribution < 1.29 is 9.90 Å². The van der Waals surface area contributed by atoms with E-state index in [1.807, 2.05) is 13.2 Å². The van der Waals surface area contributed by atoms with Gasteiger partial charge in [0.2, 0.25) is 0 Å². The average Bonchev–Trinajstić information content (AvgIpc) is 2.87. The zero-order valence-corrected chi connectivity index (χ0v) is 15.9. The van der Waals surface area contributed by atoms with Gasteiger partial charge in [0, 0.05) is 4.88 Å². The van der Waals surface area contributed by atoms with Crippen LogP contribution in [0.2, 0.25) is 0 Å². The minimum Gasteiger partial charge on any atom is -0.480 e. The minimum atomic E-state index is -0.828. The number of aryl methyl sites for hydroxylation is 2. The maximum atomic E-state index is 11.6. The molecule has 0 aromatic carbocycles. The van der Waals surface area contributed by atoms with Gasteiger partial charge in [-0.1, -0.05) is 6.92 Å². The Labute approximate surface area is 150 Å². The molecule has 2 atom stereocenters. The minimum absolute atomic E-state index is 0.574. The van der Waals surface area contributed by atoms with Crippen molar-refractivity contribution in [3.05, 3.63) is 16.3 Å². The number of nitrogens with zero attached hydrogens (tertiary/aromatic N) is 2. The number of carboxylic acids is 1. The van der Waals surface area contributed by atoms with Gasteiger partial charge in [0.25, 0.3) is 0 Å². The molecule has 0 radical (unpaired) electrons. The number of carboxylic acid groups (broad SMARTS) is 1. The van der Waals surface area contributed by atoms with Gasteiger partial charge in [-0.2, -0.15) is 11.8 Å². The first-order valence-electron chi connectivity index (χ1n) is 8.26. The number of thioether (sulfide) groups is 1. The summed E-state index contributed by atoms with van der Waals surface area (Å²) in [6.45, 7) is 4.15. The van der Waals surface area contributed by atoms with E-state index in [0.29, 0.717) is 24.0 Å². The molecule has 2 aromatic rings. The summed E-state index contributed by atoms with van der Waals surface area (Å²) in [4.78, 5) is 23.1. The van der Waals surface area contributed by atoms with Crippen molar-refractivity contribution in [2.24, 2.45) is 5.92 Å². The molecule has 2 unspecified atom stereocenters. The highest BCUT2D eigenvalue weighted by atomic mass is 32.2. The van der Waals surface area contributed by atoms with Crippen LogP contribution >= 0.6 is 23.1 Å². The van der Waals surface area contributed by atoms with Gasteiger partial charge < -0.3 is 10.4 Å². The number of nitrogens with one attached hydrogen (secondary N) is 1. The van der Waals surface area contributed by atoms with Crippen LogP contribution in [0.15, 0.2) is 0 Å². The first kappa shape index (κ1) is 17.5. The lowest BCUT2D eigenvalue weighted by Crippen LogP contribution is -2.30. The highest BCUT2D eigenvalue weighted by Gasteiger charge is 2.25. The normalized spacial score (nSPS) is 18.4. The number of carbonyl (C=O) groups is 1. The van der Waals surface area contributed by atoms with E-state index < -0.39 is 12.0 Å².